The second kappa shape index (κ2) is 10.6. The summed E-state index contributed by atoms with van der Waals surface area (Å²) < 4.78 is 5.89. The SMILES string of the molecule is Cc1oc(-c2ccc(C(=O)NCCN3CCCCC3)cc2)nc1CSc1ccccc1. The maximum atomic E-state index is 12.4. The largest absolute Gasteiger partial charge is 0.441 e. The lowest BCUT2D eigenvalue weighted by molar-refractivity contribution is 0.0946. The third-order valence-corrected chi connectivity index (χ3v) is 6.59. The third-order valence-electron chi connectivity index (χ3n) is 5.57. The fourth-order valence-corrected chi connectivity index (χ4v) is 4.65. The number of oxazole rings is 1. The molecule has 1 aliphatic rings. The van der Waals surface area contributed by atoms with Crippen LogP contribution < -0.4 is 5.32 Å². The minimum Gasteiger partial charge on any atom is -0.441 e. The smallest absolute Gasteiger partial charge is 0.251 e. The van der Waals surface area contributed by atoms with E-state index in [0.717, 1.165) is 42.4 Å². The summed E-state index contributed by atoms with van der Waals surface area (Å²) in [5, 5.41) is 3.03. The Hall–Kier alpha value is -2.57. The Labute approximate surface area is 188 Å². The van der Waals surface area contributed by atoms with Gasteiger partial charge in [0, 0.05) is 34.9 Å². The van der Waals surface area contributed by atoms with Gasteiger partial charge in [-0.1, -0.05) is 24.6 Å². The topological polar surface area (TPSA) is 58.4 Å². The Bertz CT molecular complexity index is 980. The van der Waals surface area contributed by atoms with Crippen LogP contribution in [0.5, 0.6) is 0 Å². The summed E-state index contributed by atoms with van der Waals surface area (Å²) in [6.45, 7) is 5.84. The normalized spacial score (nSPS) is 14.5. The number of thioether (sulfide) groups is 1. The average Bonchev–Trinajstić information content (AvgIpc) is 3.19. The summed E-state index contributed by atoms with van der Waals surface area (Å²) >= 11 is 1.74. The summed E-state index contributed by atoms with van der Waals surface area (Å²) in [5.41, 5.74) is 2.48. The zero-order valence-electron chi connectivity index (χ0n) is 18.0. The number of benzene rings is 2. The van der Waals surface area contributed by atoms with Gasteiger partial charge in [-0.2, -0.15) is 0 Å². The highest BCUT2D eigenvalue weighted by Crippen LogP contribution is 2.27. The van der Waals surface area contributed by atoms with E-state index < -0.39 is 0 Å². The number of likely N-dealkylation sites (tertiary alicyclic amines) is 1. The summed E-state index contributed by atoms with van der Waals surface area (Å²) in [7, 11) is 0. The number of amides is 1. The van der Waals surface area contributed by atoms with Crippen molar-refractivity contribution in [3.05, 3.63) is 71.6 Å². The Morgan fingerprint density at radius 1 is 1.06 bits per heavy atom. The van der Waals surface area contributed by atoms with Gasteiger partial charge in [-0.05, 0) is 69.3 Å². The lowest BCUT2D eigenvalue weighted by Crippen LogP contribution is -2.37. The van der Waals surface area contributed by atoms with E-state index in [1.165, 1.54) is 24.2 Å². The summed E-state index contributed by atoms with van der Waals surface area (Å²) in [4.78, 5) is 20.8. The van der Waals surface area contributed by atoms with Crippen LogP contribution in [0, 0.1) is 6.92 Å². The third kappa shape index (κ3) is 5.99. The van der Waals surface area contributed by atoms with Gasteiger partial charge in [-0.25, -0.2) is 4.98 Å². The highest BCUT2D eigenvalue weighted by atomic mass is 32.2. The van der Waals surface area contributed by atoms with Gasteiger partial charge >= 0.3 is 0 Å². The second-order valence-electron chi connectivity index (χ2n) is 7.86. The van der Waals surface area contributed by atoms with Crippen LogP contribution in [0.1, 0.15) is 41.1 Å². The lowest BCUT2D eigenvalue weighted by Gasteiger charge is -2.26. The van der Waals surface area contributed by atoms with Crippen molar-refractivity contribution in [1.82, 2.24) is 15.2 Å². The summed E-state index contributed by atoms with van der Waals surface area (Å²) in [6, 6.07) is 17.8. The van der Waals surface area contributed by atoms with Crippen LogP contribution in [0.4, 0.5) is 0 Å². The first kappa shape index (κ1) is 21.7. The number of aryl methyl sites for hydroxylation is 1. The van der Waals surface area contributed by atoms with Crippen molar-refractivity contribution in [2.75, 3.05) is 26.2 Å². The lowest BCUT2D eigenvalue weighted by atomic mass is 10.1. The van der Waals surface area contributed by atoms with Crippen LogP contribution >= 0.6 is 11.8 Å². The maximum Gasteiger partial charge on any atom is 0.251 e. The van der Waals surface area contributed by atoms with Gasteiger partial charge in [0.05, 0.1) is 5.69 Å². The van der Waals surface area contributed by atoms with Crippen molar-refractivity contribution < 1.29 is 9.21 Å². The van der Waals surface area contributed by atoms with Crippen molar-refractivity contribution in [1.29, 1.82) is 0 Å². The van der Waals surface area contributed by atoms with Gasteiger partial charge in [0.15, 0.2) is 0 Å². The number of carbonyl (C=O) groups is 1. The molecule has 2 heterocycles. The van der Waals surface area contributed by atoms with Crippen molar-refractivity contribution in [3.63, 3.8) is 0 Å². The molecule has 2 aromatic carbocycles. The van der Waals surface area contributed by atoms with E-state index in [1.54, 1.807) is 11.8 Å². The number of hydrogen-bond acceptors (Lipinski definition) is 5. The number of nitrogens with zero attached hydrogens (tertiary/aromatic N) is 2. The molecule has 31 heavy (non-hydrogen) atoms. The van der Waals surface area contributed by atoms with Crippen molar-refractivity contribution in [3.8, 4) is 11.5 Å². The number of nitrogens with one attached hydrogen (secondary N) is 1. The van der Waals surface area contributed by atoms with Gasteiger partial charge in [0.2, 0.25) is 5.89 Å². The van der Waals surface area contributed by atoms with Crippen LogP contribution in [-0.2, 0) is 5.75 Å². The van der Waals surface area contributed by atoms with Gasteiger partial charge < -0.3 is 14.6 Å². The summed E-state index contributed by atoms with van der Waals surface area (Å²) in [5.74, 6) is 2.15. The molecule has 1 aliphatic heterocycles. The first-order chi connectivity index (χ1) is 15.2. The fraction of sp³-hybridized carbons (Fsp3) is 0.360. The Balaban J connectivity index is 1.31. The first-order valence-corrected chi connectivity index (χ1v) is 11.9. The van der Waals surface area contributed by atoms with E-state index in [-0.39, 0.29) is 5.91 Å². The van der Waals surface area contributed by atoms with E-state index in [1.807, 2.05) is 49.4 Å². The van der Waals surface area contributed by atoms with Crippen LogP contribution in [0.25, 0.3) is 11.5 Å². The number of piperidine rings is 1. The van der Waals surface area contributed by atoms with Gasteiger partial charge in [0.1, 0.15) is 5.76 Å². The molecule has 0 saturated carbocycles. The highest BCUT2D eigenvalue weighted by Gasteiger charge is 2.14. The van der Waals surface area contributed by atoms with E-state index in [4.69, 9.17) is 4.42 Å². The van der Waals surface area contributed by atoms with E-state index in [9.17, 15) is 4.79 Å². The average molecular weight is 436 g/mol. The number of hydrogen-bond donors (Lipinski definition) is 1. The van der Waals surface area contributed by atoms with Crippen LogP contribution in [-0.4, -0.2) is 42.0 Å². The molecule has 1 amide bonds. The standard InChI is InChI=1S/C25H29N3O2S/c1-19-23(18-31-22-8-4-2-5-9-22)27-25(30-19)21-12-10-20(11-13-21)24(29)26-14-17-28-15-6-3-7-16-28/h2,4-5,8-13H,3,6-7,14-18H2,1H3,(H,26,29). The molecule has 0 unspecified atom stereocenters. The quantitative estimate of drug-likeness (QED) is 0.496. The van der Waals surface area contributed by atoms with Gasteiger partial charge in [0.25, 0.3) is 5.91 Å². The van der Waals surface area contributed by atoms with Gasteiger partial charge in [-0.15, -0.1) is 11.8 Å². The van der Waals surface area contributed by atoms with E-state index in [0.29, 0.717) is 18.0 Å². The van der Waals surface area contributed by atoms with Crippen LogP contribution in [0.15, 0.2) is 63.9 Å². The number of aromatic nitrogens is 1. The molecule has 1 N–H and O–H groups in total. The van der Waals surface area contributed by atoms with Crippen molar-refractivity contribution >= 4 is 17.7 Å². The molecule has 1 saturated heterocycles. The highest BCUT2D eigenvalue weighted by molar-refractivity contribution is 7.98. The monoisotopic (exact) mass is 435 g/mol. The minimum absolute atomic E-state index is 0.0351. The zero-order chi connectivity index (χ0) is 21.5. The molecule has 5 nitrogen and oxygen atoms in total. The second-order valence-corrected chi connectivity index (χ2v) is 8.91. The Morgan fingerprint density at radius 2 is 1.81 bits per heavy atom. The first-order valence-electron chi connectivity index (χ1n) is 10.9. The van der Waals surface area contributed by atoms with Crippen LogP contribution in [0.3, 0.4) is 0 Å². The molecule has 4 rings (SSSR count). The molecule has 162 valence electrons. The van der Waals surface area contributed by atoms with E-state index in [2.05, 4.69) is 27.3 Å². The molecule has 0 radical (unpaired) electrons. The predicted octanol–water partition coefficient (Wildman–Crippen LogP) is 5.16. The molecule has 0 aliphatic carbocycles. The molecule has 3 aromatic rings. The van der Waals surface area contributed by atoms with E-state index >= 15 is 0 Å². The number of rotatable bonds is 8. The zero-order valence-corrected chi connectivity index (χ0v) is 18.8. The molecule has 0 atom stereocenters. The Kier molecular flexibility index (Phi) is 7.43. The minimum atomic E-state index is -0.0351. The molecular formula is C25H29N3O2S. The maximum absolute atomic E-state index is 12.4. The molecule has 0 bridgehead atoms. The predicted molar refractivity (Wildman–Crippen MR) is 125 cm³/mol. The number of carbonyl (C=O) groups excluding carboxylic acids is 1. The van der Waals surface area contributed by atoms with Gasteiger partial charge in [-0.3, -0.25) is 4.79 Å². The molecule has 1 fully saturated rings. The summed E-state index contributed by atoms with van der Waals surface area (Å²) in [6.07, 6.45) is 3.86. The molecule has 0 spiro atoms. The Morgan fingerprint density at radius 3 is 2.55 bits per heavy atom. The molecule has 6 heteroatoms. The molecule has 1 aromatic heterocycles. The molecular weight excluding hydrogens is 406 g/mol. The fourth-order valence-electron chi connectivity index (χ4n) is 3.73. The van der Waals surface area contributed by atoms with Crippen molar-refractivity contribution in [2.24, 2.45) is 0 Å². The van der Waals surface area contributed by atoms with Crippen LogP contribution in [0.2, 0.25) is 0 Å². The van der Waals surface area contributed by atoms with Crippen molar-refractivity contribution in [2.45, 2.75) is 36.8 Å².